The van der Waals surface area contributed by atoms with E-state index in [1.54, 1.807) is 19.3 Å². The largest absolute Gasteiger partial charge is 0.364 e. The van der Waals surface area contributed by atoms with Crippen LogP contribution in [-0.4, -0.2) is 21.1 Å². The van der Waals surface area contributed by atoms with Gasteiger partial charge in [-0.2, -0.15) is 5.10 Å². The van der Waals surface area contributed by atoms with Gasteiger partial charge in [0.05, 0.1) is 6.20 Å². The Morgan fingerprint density at radius 2 is 2.29 bits per heavy atom. The number of hydrogen-bond acceptors (Lipinski definition) is 3. The van der Waals surface area contributed by atoms with Crippen molar-refractivity contribution < 1.29 is 4.79 Å². The fourth-order valence-electron chi connectivity index (χ4n) is 1.40. The van der Waals surface area contributed by atoms with Gasteiger partial charge in [0.15, 0.2) is 5.43 Å². The van der Waals surface area contributed by atoms with E-state index in [9.17, 15) is 9.59 Å². The van der Waals surface area contributed by atoms with Gasteiger partial charge in [0.25, 0.3) is 5.91 Å². The Labute approximate surface area is 97.1 Å². The maximum Gasteiger partial charge on any atom is 0.257 e. The van der Waals surface area contributed by atoms with Crippen LogP contribution in [0.15, 0.2) is 29.5 Å². The summed E-state index contributed by atoms with van der Waals surface area (Å²) in [4.78, 5) is 26.1. The van der Waals surface area contributed by atoms with Gasteiger partial charge in [-0.15, -0.1) is 0 Å². The molecule has 0 saturated heterocycles. The number of aryl methyl sites for hydroxylation is 1. The summed E-state index contributed by atoms with van der Waals surface area (Å²) in [5.74, 6) is -0.396. The summed E-state index contributed by atoms with van der Waals surface area (Å²) in [5.41, 5.74) is 1.40. The molecule has 88 valence electrons. The van der Waals surface area contributed by atoms with Crippen LogP contribution in [0.3, 0.4) is 0 Å². The number of amides is 1. The zero-order valence-corrected chi connectivity index (χ0v) is 9.28. The van der Waals surface area contributed by atoms with Crippen LogP contribution in [0.4, 0.5) is 0 Å². The third kappa shape index (κ3) is 2.60. The van der Waals surface area contributed by atoms with Gasteiger partial charge < -0.3 is 10.3 Å². The molecule has 2 rings (SSSR count). The standard InChI is InChI=1S/C11H12N4O2/c1-7-2-10(16)9(6-12-7)11(17)13-3-8-4-14-15-5-8/h2,4-6H,3H2,1H3,(H,12,16)(H,13,17)(H,14,15). The van der Waals surface area contributed by atoms with Crippen molar-refractivity contribution >= 4 is 5.91 Å². The van der Waals surface area contributed by atoms with E-state index in [1.165, 1.54) is 12.3 Å². The van der Waals surface area contributed by atoms with Crippen LogP contribution in [0, 0.1) is 6.92 Å². The van der Waals surface area contributed by atoms with Gasteiger partial charge in [-0.3, -0.25) is 14.7 Å². The number of pyridine rings is 1. The molecule has 6 nitrogen and oxygen atoms in total. The predicted octanol–water partition coefficient (Wildman–Crippen LogP) is 0.336. The summed E-state index contributed by atoms with van der Waals surface area (Å²) in [6.45, 7) is 2.09. The van der Waals surface area contributed by atoms with Crippen molar-refractivity contribution in [1.29, 1.82) is 0 Å². The fraction of sp³-hybridized carbons (Fsp3) is 0.182. The molecular formula is C11H12N4O2. The molecule has 0 aliphatic carbocycles. The van der Waals surface area contributed by atoms with E-state index in [0.29, 0.717) is 6.54 Å². The van der Waals surface area contributed by atoms with E-state index in [1.807, 2.05) is 0 Å². The molecule has 0 aliphatic rings. The highest BCUT2D eigenvalue weighted by Gasteiger charge is 2.09. The molecule has 2 heterocycles. The molecule has 0 radical (unpaired) electrons. The van der Waals surface area contributed by atoms with Crippen LogP contribution in [-0.2, 0) is 6.54 Å². The Morgan fingerprint density at radius 3 is 2.94 bits per heavy atom. The quantitative estimate of drug-likeness (QED) is 0.712. The van der Waals surface area contributed by atoms with Gasteiger partial charge in [-0.1, -0.05) is 0 Å². The molecule has 1 amide bonds. The van der Waals surface area contributed by atoms with E-state index in [-0.39, 0.29) is 11.0 Å². The minimum atomic E-state index is -0.396. The van der Waals surface area contributed by atoms with E-state index in [2.05, 4.69) is 20.5 Å². The van der Waals surface area contributed by atoms with Crippen molar-refractivity contribution in [2.24, 2.45) is 0 Å². The van der Waals surface area contributed by atoms with Crippen LogP contribution >= 0.6 is 0 Å². The zero-order chi connectivity index (χ0) is 12.3. The number of carbonyl (C=O) groups is 1. The first-order valence-corrected chi connectivity index (χ1v) is 5.12. The summed E-state index contributed by atoms with van der Waals surface area (Å²) in [7, 11) is 0. The van der Waals surface area contributed by atoms with Gasteiger partial charge in [0.2, 0.25) is 0 Å². The number of H-pyrrole nitrogens is 2. The molecule has 6 heteroatoms. The number of aromatic nitrogens is 3. The van der Waals surface area contributed by atoms with Gasteiger partial charge in [0, 0.05) is 36.3 Å². The normalized spacial score (nSPS) is 10.2. The van der Waals surface area contributed by atoms with Crippen molar-refractivity contribution in [3.8, 4) is 0 Å². The maximum absolute atomic E-state index is 11.7. The van der Waals surface area contributed by atoms with Gasteiger partial charge in [-0.25, -0.2) is 0 Å². The molecule has 2 aromatic heterocycles. The monoisotopic (exact) mass is 232 g/mol. The molecule has 0 unspecified atom stereocenters. The van der Waals surface area contributed by atoms with Crippen LogP contribution in [0.5, 0.6) is 0 Å². The SMILES string of the molecule is Cc1cc(=O)c(C(=O)NCc2cn[nH]c2)c[nH]1. The third-order valence-electron chi connectivity index (χ3n) is 2.31. The van der Waals surface area contributed by atoms with Crippen molar-refractivity contribution in [2.75, 3.05) is 0 Å². The lowest BCUT2D eigenvalue weighted by Crippen LogP contribution is -2.28. The van der Waals surface area contributed by atoms with Gasteiger partial charge in [0.1, 0.15) is 5.56 Å². The first-order valence-electron chi connectivity index (χ1n) is 5.12. The number of rotatable bonds is 3. The van der Waals surface area contributed by atoms with E-state index in [4.69, 9.17) is 0 Å². The minimum absolute atomic E-state index is 0.110. The van der Waals surface area contributed by atoms with E-state index in [0.717, 1.165) is 11.3 Å². The molecule has 17 heavy (non-hydrogen) atoms. The second-order valence-electron chi connectivity index (χ2n) is 3.68. The Balaban J connectivity index is 2.07. The highest BCUT2D eigenvalue weighted by molar-refractivity contribution is 5.93. The smallest absolute Gasteiger partial charge is 0.257 e. The highest BCUT2D eigenvalue weighted by Crippen LogP contribution is 1.95. The van der Waals surface area contributed by atoms with Gasteiger partial charge >= 0.3 is 0 Å². The average Bonchev–Trinajstić information content (AvgIpc) is 2.78. The molecule has 0 aliphatic heterocycles. The maximum atomic E-state index is 11.7. The zero-order valence-electron chi connectivity index (χ0n) is 9.28. The summed E-state index contributed by atoms with van der Waals surface area (Å²) in [6.07, 6.45) is 4.71. The van der Waals surface area contributed by atoms with Crippen molar-refractivity contribution in [1.82, 2.24) is 20.5 Å². The lowest BCUT2D eigenvalue weighted by molar-refractivity contribution is 0.0949. The van der Waals surface area contributed by atoms with Crippen molar-refractivity contribution in [3.05, 3.63) is 51.7 Å². The molecule has 0 bridgehead atoms. The number of nitrogens with one attached hydrogen (secondary N) is 3. The van der Waals surface area contributed by atoms with E-state index >= 15 is 0 Å². The molecule has 0 fully saturated rings. The van der Waals surface area contributed by atoms with Crippen LogP contribution in [0.2, 0.25) is 0 Å². The predicted molar refractivity (Wildman–Crippen MR) is 61.6 cm³/mol. The van der Waals surface area contributed by atoms with Crippen molar-refractivity contribution in [2.45, 2.75) is 13.5 Å². The Morgan fingerprint density at radius 1 is 1.47 bits per heavy atom. The van der Waals surface area contributed by atoms with E-state index < -0.39 is 5.91 Å². The van der Waals surface area contributed by atoms with Crippen LogP contribution in [0.1, 0.15) is 21.6 Å². The second kappa shape index (κ2) is 4.65. The Bertz CT molecular complexity index is 571. The first kappa shape index (κ1) is 11.1. The number of carbonyl (C=O) groups excluding carboxylic acids is 1. The molecular weight excluding hydrogens is 220 g/mol. The molecule has 3 N–H and O–H groups in total. The molecule has 0 saturated carbocycles. The average molecular weight is 232 g/mol. The lowest BCUT2D eigenvalue weighted by atomic mass is 10.2. The molecule has 2 aromatic rings. The topological polar surface area (TPSA) is 90.6 Å². The number of aromatic amines is 2. The fourth-order valence-corrected chi connectivity index (χ4v) is 1.40. The number of hydrogen-bond donors (Lipinski definition) is 3. The highest BCUT2D eigenvalue weighted by atomic mass is 16.2. The second-order valence-corrected chi connectivity index (χ2v) is 3.68. The molecule has 0 atom stereocenters. The van der Waals surface area contributed by atoms with Gasteiger partial charge in [-0.05, 0) is 6.92 Å². The minimum Gasteiger partial charge on any atom is -0.364 e. The van der Waals surface area contributed by atoms with Crippen LogP contribution < -0.4 is 10.7 Å². The first-order chi connectivity index (χ1) is 8.16. The Hall–Kier alpha value is -2.37. The van der Waals surface area contributed by atoms with Crippen molar-refractivity contribution in [3.63, 3.8) is 0 Å². The summed E-state index contributed by atoms with van der Waals surface area (Å²) >= 11 is 0. The Kier molecular flexibility index (Phi) is 3.04. The molecule has 0 aromatic carbocycles. The number of nitrogens with zero attached hydrogens (tertiary/aromatic N) is 1. The third-order valence-corrected chi connectivity index (χ3v) is 2.31. The lowest BCUT2D eigenvalue weighted by Gasteiger charge is -2.03. The summed E-state index contributed by atoms with van der Waals surface area (Å²) in [6, 6.07) is 1.40. The molecule has 0 spiro atoms. The van der Waals surface area contributed by atoms with Crippen LogP contribution in [0.25, 0.3) is 0 Å². The summed E-state index contributed by atoms with van der Waals surface area (Å²) in [5, 5.41) is 9.04. The summed E-state index contributed by atoms with van der Waals surface area (Å²) < 4.78 is 0.